The number of rotatable bonds is 6. The number of nitrogens with two attached hydrogens (primary N) is 1. The standard InChI is InChI=1S/C14H19FN2O/c15-12-5-3-11(4-6-12)10-17(13-7-8-13)14(18)2-1-9-16/h3-6,13H,1-2,7-10,16H2. The summed E-state index contributed by atoms with van der Waals surface area (Å²) < 4.78 is 12.8. The Labute approximate surface area is 107 Å². The van der Waals surface area contributed by atoms with Crippen LogP contribution in [0.4, 0.5) is 4.39 Å². The van der Waals surface area contributed by atoms with Gasteiger partial charge in [0, 0.05) is 19.0 Å². The Morgan fingerprint density at radius 2 is 2.00 bits per heavy atom. The highest BCUT2D eigenvalue weighted by atomic mass is 19.1. The summed E-state index contributed by atoms with van der Waals surface area (Å²) in [4.78, 5) is 14.0. The molecule has 0 heterocycles. The van der Waals surface area contributed by atoms with Crippen LogP contribution in [0.1, 0.15) is 31.2 Å². The molecule has 1 aliphatic rings. The van der Waals surface area contributed by atoms with Crippen LogP contribution in [0.15, 0.2) is 24.3 Å². The first-order chi connectivity index (χ1) is 8.70. The molecule has 1 fully saturated rings. The normalized spacial score (nSPS) is 14.6. The SMILES string of the molecule is NCCCC(=O)N(Cc1ccc(F)cc1)C1CC1. The fourth-order valence-corrected chi connectivity index (χ4v) is 1.99. The topological polar surface area (TPSA) is 46.3 Å². The maximum Gasteiger partial charge on any atom is 0.223 e. The molecule has 98 valence electrons. The molecule has 0 bridgehead atoms. The summed E-state index contributed by atoms with van der Waals surface area (Å²) in [5.41, 5.74) is 6.40. The molecule has 2 N–H and O–H groups in total. The fraction of sp³-hybridized carbons (Fsp3) is 0.500. The van der Waals surface area contributed by atoms with Crippen molar-refractivity contribution >= 4 is 5.91 Å². The highest BCUT2D eigenvalue weighted by molar-refractivity contribution is 5.76. The molecule has 0 aliphatic heterocycles. The summed E-state index contributed by atoms with van der Waals surface area (Å²) in [7, 11) is 0. The van der Waals surface area contributed by atoms with Crippen LogP contribution in [0.25, 0.3) is 0 Å². The molecule has 1 saturated carbocycles. The van der Waals surface area contributed by atoms with Gasteiger partial charge >= 0.3 is 0 Å². The average molecular weight is 250 g/mol. The van der Waals surface area contributed by atoms with Crippen molar-refractivity contribution in [3.8, 4) is 0 Å². The minimum Gasteiger partial charge on any atom is -0.335 e. The van der Waals surface area contributed by atoms with E-state index in [4.69, 9.17) is 5.73 Å². The number of halogens is 1. The molecular formula is C14H19FN2O. The lowest BCUT2D eigenvalue weighted by Gasteiger charge is -2.22. The van der Waals surface area contributed by atoms with Gasteiger partial charge in [0.25, 0.3) is 0 Å². The predicted molar refractivity (Wildman–Crippen MR) is 68.3 cm³/mol. The van der Waals surface area contributed by atoms with Crippen molar-refractivity contribution in [1.29, 1.82) is 0 Å². The summed E-state index contributed by atoms with van der Waals surface area (Å²) in [5.74, 6) is -0.0848. The van der Waals surface area contributed by atoms with E-state index >= 15 is 0 Å². The molecule has 2 rings (SSSR count). The number of amides is 1. The monoisotopic (exact) mass is 250 g/mol. The molecule has 0 atom stereocenters. The maximum absolute atomic E-state index is 12.8. The highest BCUT2D eigenvalue weighted by Crippen LogP contribution is 2.29. The first-order valence-corrected chi connectivity index (χ1v) is 6.44. The Balaban J connectivity index is 1.97. The van der Waals surface area contributed by atoms with Crippen LogP contribution in [-0.2, 0) is 11.3 Å². The number of carbonyl (C=O) groups is 1. The first kappa shape index (κ1) is 13.0. The van der Waals surface area contributed by atoms with Crippen molar-refractivity contribution in [2.45, 2.75) is 38.3 Å². The van der Waals surface area contributed by atoms with E-state index in [0.29, 0.717) is 25.6 Å². The van der Waals surface area contributed by atoms with Crippen LogP contribution in [0.3, 0.4) is 0 Å². The van der Waals surface area contributed by atoms with Crippen molar-refractivity contribution in [1.82, 2.24) is 4.90 Å². The van der Waals surface area contributed by atoms with Crippen molar-refractivity contribution in [2.24, 2.45) is 5.73 Å². The fourth-order valence-electron chi connectivity index (χ4n) is 1.99. The van der Waals surface area contributed by atoms with Gasteiger partial charge in [0.1, 0.15) is 5.82 Å². The summed E-state index contributed by atoms with van der Waals surface area (Å²) in [6.45, 7) is 1.12. The summed E-state index contributed by atoms with van der Waals surface area (Å²) in [5, 5.41) is 0. The van der Waals surface area contributed by atoms with Crippen molar-refractivity contribution < 1.29 is 9.18 Å². The number of carbonyl (C=O) groups excluding carboxylic acids is 1. The van der Waals surface area contributed by atoms with Crippen LogP contribution in [0.2, 0.25) is 0 Å². The second-order valence-electron chi connectivity index (χ2n) is 4.77. The van der Waals surface area contributed by atoms with E-state index in [1.54, 1.807) is 12.1 Å². The van der Waals surface area contributed by atoms with E-state index in [1.807, 2.05) is 4.90 Å². The molecule has 4 heteroatoms. The number of nitrogens with zero attached hydrogens (tertiary/aromatic N) is 1. The molecule has 1 aliphatic carbocycles. The average Bonchev–Trinajstić information content (AvgIpc) is 3.19. The zero-order valence-electron chi connectivity index (χ0n) is 10.4. The Kier molecular flexibility index (Phi) is 4.31. The molecule has 0 spiro atoms. The quantitative estimate of drug-likeness (QED) is 0.840. The van der Waals surface area contributed by atoms with Gasteiger partial charge < -0.3 is 10.6 Å². The van der Waals surface area contributed by atoms with Gasteiger partial charge in [-0.05, 0) is 43.5 Å². The molecule has 0 aromatic heterocycles. The van der Waals surface area contributed by atoms with Crippen LogP contribution in [0, 0.1) is 5.82 Å². The van der Waals surface area contributed by atoms with Gasteiger partial charge in [-0.25, -0.2) is 4.39 Å². The van der Waals surface area contributed by atoms with Crippen LogP contribution in [-0.4, -0.2) is 23.4 Å². The van der Waals surface area contributed by atoms with E-state index < -0.39 is 0 Å². The second kappa shape index (κ2) is 5.96. The first-order valence-electron chi connectivity index (χ1n) is 6.44. The van der Waals surface area contributed by atoms with Crippen molar-refractivity contribution in [2.75, 3.05) is 6.54 Å². The summed E-state index contributed by atoms with van der Waals surface area (Å²) >= 11 is 0. The molecule has 1 aromatic rings. The molecule has 0 radical (unpaired) electrons. The van der Waals surface area contributed by atoms with E-state index in [-0.39, 0.29) is 11.7 Å². The number of hydrogen-bond acceptors (Lipinski definition) is 2. The Morgan fingerprint density at radius 1 is 1.33 bits per heavy atom. The number of hydrogen-bond donors (Lipinski definition) is 1. The van der Waals surface area contributed by atoms with Gasteiger partial charge in [-0.3, -0.25) is 4.79 Å². The molecule has 1 amide bonds. The molecular weight excluding hydrogens is 231 g/mol. The lowest BCUT2D eigenvalue weighted by molar-refractivity contribution is -0.132. The van der Waals surface area contributed by atoms with Gasteiger partial charge in [0.2, 0.25) is 5.91 Å². The van der Waals surface area contributed by atoms with Crippen molar-refractivity contribution in [3.63, 3.8) is 0 Å². The Hall–Kier alpha value is -1.42. The van der Waals surface area contributed by atoms with Gasteiger partial charge in [0.05, 0.1) is 0 Å². The zero-order chi connectivity index (χ0) is 13.0. The highest BCUT2D eigenvalue weighted by Gasteiger charge is 2.31. The van der Waals surface area contributed by atoms with Gasteiger partial charge in [0.15, 0.2) is 0 Å². The third-order valence-electron chi connectivity index (χ3n) is 3.17. The molecule has 0 unspecified atom stereocenters. The minimum absolute atomic E-state index is 0.160. The predicted octanol–water partition coefficient (Wildman–Crippen LogP) is 2.06. The van der Waals surface area contributed by atoms with E-state index in [2.05, 4.69) is 0 Å². The van der Waals surface area contributed by atoms with E-state index in [9.17, 15) is 9.18 Å². The Bertz CT molecular complexity index is 401. The summed E-state index contributed by atoms with van der Waals surface area (Å²) in [6, 6.07) is 6.72. The van der Waals surface area contributed by atoms with Gasteiger partial charge in [-0.1, -0.05) is 12.1 Å². The van der Waals surface area contributed by atoms with Crippen LogP contribution in [0.5, 0.6) is 0 Å². The molecule has 3 nitrogen and oxygen atoms in total. The lowest BCUT2D eigenvalue weighted by Crippen LogP contribution is -2.32. The van der Waals surface area contributed by atoms with E-state index in [1.165, 1.54) is 12.1 Å². The second-order valence-corrected chi connectivity index (χ2v) is 4.77. The van der Waals surface area contributed by atoms with Gasteiger partial charge in [-0.2, -0.15) is 0 Å². The Morgan fingerprint density at radius 3 is 2.56 bits per heavy atom. The van der Waals surface area contributed by atoms with Crippen LogP contribution >= 0.6 is 0 Å². The summed E-state index contributed by atoms with van der Waals surface area (Å²) in [6.07, 6.45) is 3.39. The van der Waals surface area contributed by atoms with E-state index in [0.717, 1.165) is 24.8 Å². The lowest BCUT2D eigenvalue weighted by atomic mass is 10.2. The van der Waals surface area contributed by atoms with Crippen LogP contribution < -0.4 is 5.73 Å². The molecule has 1 aromatic carbocycles. The van der Waals surface area contributed by atoms with Gasteiger partial charge in [-0.15, -0.1) is 0 Å². The smallest absolute Gasteiger partial charge is 0.223 e. The third kappa shape index (κ3) is 3.53. The maximum atomic E-state index is 12.8. The molecule has 18 heavy (non-hydrogen) atoms. The zero-order valence-corrected chi connectivity index (χ0v) is 10.4. The largest absolute Gasteiger partial charge is 0.335 e. The minimum atomic E-state index is -0.244. The number of benzene rings is 1. The van der Waals surface area contributed by atoms with Crippen molar-refractivity contribution in [3.05, 3.63) is 35.6 Å². The molecule has 0 saturated heterocycles. The third-order valence-corrected chi connectivity index (χ3v) is 3.17.